The molecule has 208 valence electrons. The second-order valence-corrected chi connectivity index (χ2v) is 13.5. The monoisotopic (exact) mass is 520 g/mol. The summed E-state index contributed by atoms with van der Waals surface area (Å²) in [5.41, 5.74) is -0.147. The molecule has 5 fully saturated rings. The Morgan fingerprint density at radius 2 is 1.57 bits per heavy atom. The van der Waals surface area contributed by atoms with Crippen LogP contribution >= 0.6 is 0 Å². The number of hydrogen-bond donors (Lipinski definition) is 1. The van der Waals surface area contributed by atoms with Crippen molar-refractivity contribution < 1.29 is 28.5 Å². The minimum atomic E-state index is -0.723. The van der Waals surface area contributed by atoms with E-state index in [1.54, 1.807) is 4.90 Å². The molecule has 6 atom stereocenters. The summed E-state index contributed by atoms with van der Waals surface area (Å²) in [6.07, 6.45) is 1.11. The first-order chi connectivity index (χ1) is 17.2. The van der Waals surface area contributed by atoms with E-state index in [4.69, 9.17) is 23.7 Å². The predicted molar refractivity (Wildman–Crippen MR) is 134 cm³/mol. The first-order valence-electron chi connectivity index (χ1n) is 13.7. The lowest BCUT2D eigenvalue weighted by molar-refractivity contribution is -0.237. The highest BCUT2D eigenvalue weighted by molar-refractivity contribution is 5.79. The van der Waals surface area contributed by atoms with Crippen LogP contribution in [0.2, 0.25) is 0 Å². The number of carbonyl (C=O) groups excluding carboxylic acids is 1. The zero-order valence-electron chi connectivity index (χ0n) is 23.4. The molecule has 1 unspecified atom stereocenters. The van der Waals surface area contributed by atoms with Gasteiger partial charge in [-0.2, -0.15) is 5.26 Å². The summed E-state index contributed by atoms with van der Waals surface area (Å²) < 4.78 is 31.1. The number of nitrogens with one attached hydrogen (secondary N) is 1. The number of rotatable bonds is 5. The molecular formula is C27H44N4O6. The lowest BCUT2D eigenvalue weighted by Gasteiger charge is -2.43. The molecule has 5 saturated heterocycles. The van der Waals surface area contributed by atoms with E-state index in [-0.39, 0.29) is 53.9 Å². The molecular weight excluding hydrogens is 476 g/mol. The number of carbonyl (C=O) groups is 1. The van der Waals surface area contributed by atoms with Gasteiger partial charge in [-0.1, -0.05) is 13.8 Å². The molecule has 0 aromatic rings. The van der Waals surface area contributed by atoms with Crippen LogP contribution in [0.4, 0.5) is 0 Å². The number of piperidine rings is 1. The van der Waals surface area contributed by atoms with E-state index in [2.05, 4.69) is 37.1 Å². The zero-order chi connectivity index (χ0) is 26.8. The van der Waals surface area contributed by atoms with Gasteiger partial charge in [0.05, 0.1) is 12.6 Å². The molecule has 37 heavy (non-hydrogen) atoms. The average molecular weight is 521 g/mol. The third kappa shape index (κ3) is 5.69. The van der Waals surface area contributed by atoms with Gasteiger partial charge in [0.2, 0.25) is 5.91 Å². The standard InChI is InChI=1S/C27H44N4O6/c1-24(2)12-17(13-28)31(16-24)19(32)14-29-27(7)8-10-30(11-9-27)15-18-20-21(35-25(3,4)34-20)22-23(33-18)37-26(5,6)36-22/h17-18,20-23,29H,8-12,14-16H2,1-7H3/t17-,18?,20-,21-,22+,23+/m0/s1. The summed E-state index contributed by atoms with van der Waals surface area (Å²) in [6.45, 7) is 17.5. The van der Waals surface area contributed by atoms with Crippen LogP contribution in [-0.4, -0.2) is 102 Å². The highest BCUT2D eigenvalue weighted by Crippen LogP contribution is 2.44. The topological polar surface area (TPSA) is 106 Å². The molecule has 1 amide bonds. The Balaban J connectivity index is 1.15. The summed E-state index contributed by atoms with van der Waals surface area (Å²) in [7, 11) is 0. The van der Waals surface area contributed by atoms with Crippen LogP contribution in [0.25, 0.3) is 0 Å². The van der Waals surface area contributed by atoms with Crippen LogP contribution in [0.1, 0.15) is 67.7 Å². The molecule has 5 aliphatic heterocycles. The van der Waals surface area contributed by atoms with Gasteiger partial charge in [-0.15, -0.1) is 0 Å². The Kier molecular flexibility index (Phi) is 6.93. The molecule has 1 N–H and O–H groups in total. The Bertz CT molecular complexity index is 924. The lowest BCUT2D eigenvalue weighted by atomic mass is 9.89. The van der Waals surface area contributed by atoms with Crippen molar-refractivity contribution in [1.82, 2.24) is 15.1 Å². The van der Waals surface area contributed by atoms with Crippen LogP contribution in [0.3, 0.4) is 0 Å². The summed E-state index contributed by atoms with van der Waals surface area (Å²) >= 11 is 0. The summed E-state index contributed by atoms with van der Waals surface area (Å²) in [4.78, 5) is 17.1. The van der Waals surface area contributed by atoms with Gasteiger partial charge in [-0.3, -0.25) is 4.79 Å². The van der Waals surface area contributed by atoms with Crippen LogP contribution in [0, 0.1) is 16.7 Å². The fourth-order valence-electron chi connectivity index (χ4n) is 6.54. The lowest BCUT2D eigenvalue weighted by Crippen LogP contribution is -2.60. The highest BCUT2D eigenvalue weighted by Gasteiger charge is 2.60. The molecule has 0 bridgehead atoms. The number of fused-ring (bicyclic) bond motifs is 3. The highest BCUT2D eigenvalue weighted by atomic mass is 16.9. The third-order valence-electron chi connectivity index (χ3n) is 8.50. The number of hydrogen-bond acceptors (Lipinski definition) is 9. The Morgan fingerprint density at radius 1 is 0.946 bits per heavy atom. The van der Waals surface area contributed by atoms with E-state index in [1.165, 1.54) is 0 Å². The van der Waals surface area contributed by atoms with Crippen molar-refractivity contribution in [1.29, 1.82) is 5.26 Å². The molecule has 0 aliphatic carbocycles. The smallest absolute Gasteiger partial charge is 0.237 e. The third-order valence-corrected chi connectivity index (χ3v) is 8.50. The summed E-state index contributed by atoms with van der Waals surface area (Å²) in [6, 6.07) is 1.98. The molecule has 5 heterocycles. The van der Waals surface area contributed by atoms with E-state index in [0.717, 1.165) is 38.9 Å². The first-order valence-corrected chi connectivity index (χ1v) is 13.7. The fraction of sp³-hybridized carbons (Fsp3) is 0.926. The van der Waals surface area contributed by atoms with Crippen LogP contribution in [-0.2, 0) is 28.5 Å². The van der Waals surface area contributed by atoms with E-state index >= 15 is 0 Å². The second kappa shape index (κ2) is 9.40. The van der Waals surface area contributed by atoms with E-state index in [9.17, 15) is 10.1 Å². The largest absolute Gasteiger partial charge is 0.342 e. The number of nitrogens with zero attached hydrogens (tertiary/aromatic N) is 3. The molecule has 0 saturated carbocycles. The zero-order valence-corrected chi connectivity index (χ0v) is 23.4. The molecule has 10 nitrogen and oxygen atoms in total. The molecule has 5 rings (SSSR count). The maximum Gasteiger partial charge on any atom is 0.237 e. The van der Waals surface area contributed by atoms with Gasteiger partial charge in [-0.25, -0.2) is 0 Å². The SMILES string of the molecule is CC1(C)C[C@@H](C#N)N(C(=O)CNC2(C)CCN(CC3O[C@@H]4OC(C)(C)O[C@@H]4[C@H]4OC(C)(C)O[C@@H]34)CC2)C1. The van der Waals surface area contributed by atoms with Gasteiger partial charge in [0, 0.05) is 18.6 Å². The molecule has 0 aromatic carbocycles. The van der Waals surface area contributed by atoms with Gasteiger partial charge < -0.3 is 38.8 Å². The molecule has 10 heteroatoms. The quantitative estimate of drug-likeness (QED) is 0.582. The maximum atomic E-state index is 12.9. The van der Waals surface area contributed by atoms with Crippen LogP contribution < -0.4 is 5.32 Å². The first kappa shape index (κ1) is 27.3. The molecule has 0 aromatic heterocycles. The number of amides is 1. The average Bonchev–Trinajstić information content (AvgIpc) is 3.41. The minimum absolute atomic E-state index is 0.0136. The van der Waals surface area contributed by atoms with Gasteiger partial charge >= 0.3 is 0 Å². The predicted octanol–water partition coefficient (Wildman–Crippen LogP) is 1.98. The minimum Gasteiger partial charge on any atom is -0.342 e. The molecule has 5 aliphatic rings. The van der Waals surface area contributed by atoms with Crippen molar-refractivity contribution >= 4 is 5.91 Å². The van der Waals surface area contributed by atoms with Crippen molar-refractivity contribution in [2.45, 2.75) is 122 Å². The van der Waals surface area contributed by atoms with Crippen molar-refractivity contribution in [3.05, 3.63) is 0 Å². The van der Waals surface area contributed by atoms with E-state index in [1.807, 2.05) is 27.7 Å². The van der Waals surface area contributed by atoms with Crippen molar-refractivity contribution in [2.24, 2.45) is 5.41 Å². The van der Waals surface area contributed by atoms with Gasteiger partial charge in [0.1, 0.15) is 30.5 Å². The maximum absolute atomic E-state index is 12.9. The fourth-order valence-corrected chi connectivity index (χ4v) is 6.54. The van der Waals surface area contributed by atoms with Crippen molar-refractivity contribution in [3.8, 4) is 6.07 Å². The molecule has 0 spiro atoms. The number of ether oxygens (including phenoxy) is 5. The summed E-state index contributed by atoms with van der Waals surface area (Å²) in [5, 5.41) is 13.0. The van der Waals surface area contributed by atoms with Gasteiger partial charge in [0.25, 0.3) is 0 Å². The molecule has 0 radical (unpaired) electrons. The normalized spacial score (nSPS) is 39.7. The number of likely N-dealkylation sites (tertiary alicyclic amines) is 2. The summed E-state index contributed by atoms with van der Waals surface area (Å²) in [5.74, 6) is -1.41. The Morgan fingerprint density at radius 3 is 2.24 bits per heavy atom. The Labute approximate surface area is 220 Å². The Hall–Kier alpha value is -1.32. The van der Waals surface area contributed by atoms with Crippen LogP contribution in [0.15, 0.2) is 0 Å². The number of nitriles is 1. The van der Waals surface area contributed by atoms with Gasteiger partial charge in [0.15, 0.2) is 17.9 Å². The van der Waals surface area contributed by atoms with E-state index in [0.29, 0.717) is 6.54 Å². The van der Waals surface area contributed by atoms with Gasteiger partial charge in [-0.05, 0) is 72.4 Å². The van der Waals surface area contributed by atoms with E-state index < -0.39 is 17.9 Å². The van der Waals surface area contributed by atoms with Crippen molar-refractivity contribution in [2.75, 3.05) is 32.7 Å². The van der Waals surface area contributed by atoms with Crippen LogP contribution in [0.5, 0.6) is 0 Å². The second-order valence-electron chi connectivity index (χ2n) is 13.5. The van der Waals surface area contributed by atoms with Crippen molar-refractivity contribution in [3.63, 3.8) is 0 Å².